The summed E-state index contributed by atoms with van der Waals surface area (Å²) >= 11 is 0. The van der Waals surface area contributed by atoms with Crippen molar-refractivity contribution in [1.29, 1.82) is 0 Å². The van der Waals surface area contributed by atoms with Gasteiger partial charge in [-0.05, 0) is 31.1 Å². The van der Waals surface area contributed by atoms with Crippen LogP contribution in [0.15, 0.2) is 16.6 Å². The number of nitrogens with zero attached hydrogens (tertiary/aromatic N) is 1. The molecule has 88 valence electrons. The summed E-state index contributed by atoms with van der Waals surface area (Å²) in [5.74, 6) is 0.577. The van der Waals surface area contributed by atoms with Crippen LogP contribution < -0.4 is 0 Å². The molecule has 0 amide bonds. The largest absolute Gasteiger partial charge is 0.297 e. The highest BCUT2D eigenvalue weighted by Gasteiger charge is 2.16. The van der Waals surface area contributed by atoms with Crippen LogP contribution in [-0.4, -0.2) is 12.8 Å². The molecule has 0 unspecified atom stereocenters. The molecule has 0 aliphatic carbocycles. The predicted octanol–water partition coefficient (Wildman–Crippen LogP) is 4.49. The molecule has 0 aromatic carbocycles. The van der Waals surface area contributed by atoms with Gasteiger partial charge in [0.2, 0.25) is 0 Å². The van der Waals surface area contributed by atoms with Crippen LogP contribution in [0.4, 0.5) is 0 Å². The third-order valence-electron chi connectivity index (χ3n) is 2.92. The quantitative estimate of drug-likeness (QED) is 0.478. The SMILES string of the molecule is C/C=C(\CC/C(=N\C)C(C)C)C(C)(C)C. The summed E-state index contributed by atoms with van der Waals surface area (Å²) in [6, 6.07) is 0. The Morgan fingerprint density at radius 1 is 1.20 bits per heavy atom. The Morgan fingerprint density at radius 2 is 1.73 bits per heavy atom. The molecule has 1 nitrogen and oxygen atoms in total. The van der Waals surface area contributed by atoms with Gasteiger partial charge in [0, 0.05) is 12.8 Å². The van der Waals surface area contributed by atoms with E-state index in [0.29, 0.717) is 11.3 Å². The lowest BCUT2D eigenvalue weighted by atomic mass is 9.82. The van der Waals surface area contributed by atoms with E-state index in [-0.39, 0.29) is 0 Å². The van der Waals surface area contributed by atoms with E-state index in [0.717, 1.165) is 12.8 Å². The molecular weight excluding hydrogens is 182 g/mol. The van der Waals surface area contributed by atoms with Crippen molar-refractivity contribution in [3.05, 3.63) is 11.6 Å². The van der Waals surface area contributed by atoms with Gasteiger partial charge in [-0.1, -0.05) is 46.3 Å². The maximum absolute atomic E-state index is 4.37. The minimum atomic E-state index is 0.296. The van der Waals surface area contributed by atoms with Crippen LogP contribution >= 0.6 is 0 Å². The highest BCUT2D eigenvalue weighted by molar-refractivity contribution is 5.86. The van der Waals surface area contributed by atoms with Gasteiger partial charge in [0.15, 0.2) is 0 Å². The summed E-state index contributed by atoms with van der Waals surface area (Å²) < 4.78 is 0. The highest BCUT2D eigenvalue weighted by atomic mass is 14.7. The number of aliphatic imine (C=N–C) groups is 1. The van der Waals surface area contributed by atoms with Gasteiger partial charge in [0.1, 0.15) is 0 Å². The Kier molecular flexibility index (Phi) is 5.85. The zero-order valence-corrected chi connectivity index (χ0v) is 11.5. The Hall–Kier alpha value is -0.590. The summed E-state index contributed by atoms with van der Waals surface area (Å²) in [6.45, 7) is 13.4. The van der Waals surface area contributed by atoms with Gasteiger partial charge in [-0.15, -0.1) is 0 Å². The van der Waals surface area contributed by atoms with Crippen molar-refractivity contribution < 1.29 is 0 Å². The molecule has 0 radical (unpaired) electrons. The average molecular weight is 209 g/mol. The number of rotatable bonds is 4. The fourth-order valence-electron chi connectivity index (χ4n) is 1.87. The standard InChI is InChI=1S/C14H27N/c1-8-12(14(4,5)6)9-10-13(15-7)11(2)3/h8,11H,9-10H2,1-7H3/b12-8+,15-13+. The van der Waals surface area contributed by atoms with E-state index in [4.69, 9.17) is 0 Å². The van der Waals surface area contributed by atoms with Crippen LogP contribution in [0.3, 0.4) is 0 Å². The Labute approximate surface area is 95.7 Å². The normalized spacial score (nSPS) is 14.9. The molecule has 0 saturated carbocycles. The Morgan fingerprint density at radius 3 is 2.00 bits per heavy atom. The Bertz CT molecular complexity index is 239. The molecule has 0 spiro atoms. The molecule has 0 aromatic heterocycles. The third kappa shape index (κ3) is 5.15. The molecule has 0 atom stereocenters. The van der Waals surface area contributed by atoms with Crippen molar-refractivity contribution >= 4 is 5.71 Å². The lowest BCUT2D eigenvalue weighted by Crippen LogP contribution is -2.13. The van der Waals surface area contributed by atoms with Gasteiger partial charge in [0.25, 0.3) is 0 Å². The van der Waals surface area contributed by atoms with Crippen molar-refractivity contribution in [3.8, 4) is 0 Å². The van der Waals surface area contributed by atoms with Gasteiger partial charge < -0.3 is 0 Å². The lowest BCUT2D eigenvalue weighted by molar-refractivity contribution is 0.483. The fraction of sp³-hybridized carbons (Fsp3) is 0.786. The van der Waals surface area contributed by atoms with E-state index in [2.05, 4.69) is 52.6 Å². The van der Waals surface area contributed by atoms with E-state index in [1.54, 1.807) is 0 Å². The van der Waals surface area contributed by atoms with E-state index in [9.17, 15) is 0 Å². The molecule has 0 aliphatic heterocycles. The summed E-state index contributed by atoms with van der Waals surface area (Å²) in [5.41, 5.74) is 3.16. The minimum Gasteiger partial charge on any atom is -0.297 e. The molecule has 0 N–H and O–H groups in total. The van der Waals surface area contributed by atoms with E-state index >= 15 is 0 Å². The number of hydrogen-bond donors (Lipinski definition) is 0. The van der Waals surface area contributed by atoms with Gasteiger partial charge in [-0.2, -0.15) is 0 Å². The second kappa shape index (κ2) is 6.09. The predicted molar refractivity (Wildman–Crippen MR) is 70.6 cm³/mol. The fourth-order valence-corrected chi connectivity index (χ4v) is 1.87. The third-order valence-corrected chi connectivity index (χ3v) is 2.92. The van der Waals surface area contributed by atoms with Crippen molar-refractivity contribution in [3.63, 3.8) is 0 Å². The Balaban J connectivity index is 4.38. The molecule has 0 fully saturated rings. The summed E-state index contributed by atoms with van der Waals surface area (Å²) in [7, 11) is 1.90. The van der Waals surface area contributed by atoms with E-state index in [1.165, 1.54) is 11.3 Å². The van der Waals surface area contributed by atoms with E-state index < -0.39 is 0 Å². The van der Waals surface area contributed by atoms with Gasteiger partial charge in [-0.25, -0.2) is 0 Å². The monoisotopic (exact) mass is 209 g/mol. The maximum Gasteiger partial charge on any atom is 0.0276 e. The van der Waals surface area contributed by atoms with Gasteiger partial charge in [0.05, 0.1) is 0 Å². The molecule has 15 heavy (non-hydrogen) atoms. The summed E-state index contributed by atoms with van der Waals surface area (Å²) in [5, 5.41) is 0. The van der Waals surface area contributed by atoms with Gasteiger partial charge in [-0.3, -0.25) is 4.99 Å². The molecule has 0 rings (SSSR count). The van der Waals surface area contributed by atoms with Gasteiger partial charge >= 0.3 is 0 Å². The lowest BCUT2D eigenvalue weighted by Gasteiger charge is -2.23. The zero-order valence-electron chi connectivity index (χ0n) is 11.5. The molecule has 0 aliphatic rings. The summed E-state index contributed by atoms with van der Waals surface area (Å²) in [4.78, 5) is 4.37. The van der Waals surface area contributed by atoms with E-state index in [1.807, 2.05) is 7.05 Å². The second-order valence-corrected chi connectivity index (χ2v) is 5.43. The first-order chi connectivity index (χ1) is 6.82. The average Bonchev–Trinajstić information content (AvgIpc) is 2.09. The molecular formula is C14H27N. The van der Waals surface area contributed by atoms with Crippen molar-refractivity contribution in [2.45, 2.75) is 54.4 Å². The molecule has 0 heterocycles. The zero-order chi connectivity index (χ0) is 12.1. The van der Waals surface area contributed by atoms with Crippen molar-refractivity contribution in [2.24, 2.45) is 16.3 Å². The molecule has 0 saturated heterocycles. The molecule has 1 heteroatoms. The van der Waals surface area contributed by atoms with Crippen LogP contribution in [0.25, 0.3) is 0 Å². The summed E-state index contributed by atoms with van der Waals surface area (Å²) in [6.07, 6.45) is 4.50. The van der Waals surface area contributed by atoms with Crippen LogP contribution in [0.2, 0.25) is 0 Å². The first kappa shape index (κ1) is 14.4. The smallest absolute Gasteiger partial charge is 0.0276 e. The van der Waals surface area contributed by atoms with Crippen LogP contribution in [0.5, 0.6) is 0 Å². The second-order valence-electron chi connectivity index (χ2n) is 5.43. The first-order valence-electron chi connectivity index (χ1n) is 5.94. The number of hydrogen-bond acceptors (Lipinski definition) is 1. The van der Waals surface area contributed by atoms with Crippen molar-refractivity contribution in [1.82, 2.24) is 0 Å². The molecule has 0 bridgehead atoms. The van der Waals surface area contributed by atoms with Crippen LogP contribution in [0.1, 0.15) is 54.4 Å². The van der Waals surface area contributed by atoms with Crippen LogP contribution in [-0.2, 0) is 0 Å². The molecule has 0 aromatic rings. The van der Waals surface area contributed by atoms with Crippen molar-refractivity contribution in [2.75, 3.05) is 7.05 Å². The first-order valence-corrected chi connectivity index (χ1v) is 5.94. The maximum atomic E-state index is 4.37. The van der Waals surface area contributed by atoms with Crippen LogP contribution in [0, 0.1) is 11.3 Å². The minimum absolute atomic E-state index is 0.296. The number of allylic oxidation sites excluding steroid dienone is 2. The topological polar surface area (TPSA) is 12.4 Å². The highest BCUT2D eigenvalue weighted by Crippen LogP contribution is 2.29.